The van der Waals surface area contributed by atoms with Crippen molar-refractivity contribution in [2.45, 2.75) is 31.7 Å². The molecule has 0 aliphatic rings. The molecule has 1 heterocycles. The van der Waals surface area contributed by atoms with E-state index in [0.717, 1.165) is 0 Å². The molecule has 0 aromatic carbocycles. The normalized spacial score (nSPS) is 11.5. The summed E-state index contributed by atoms with van der Waals surface area (Å²) in [5, 5.41) is 5.49. The van der Waals surface area contributed by atoms with Crippen LogP contribution in [0.3, 0.4) is 0 Å². The Labute approximate surface area is 133 Å². The molecule has 0 saturated carbocycles. The van der Waals surface area contributed by atoms with Crippen LogP contribution < -0.4 is 15.4 Å². The van der Waals surface area contributed by atoms with E-state index in [2.05, 4.69) is 36.3 Å². The monoisotopic (exact) mass is 378 g/mol. The third-order valence-corrected chi connectivity index (χ3v) is 4.17. The van der Waals surface area contributed by atoms with E-state index < -0.39 is 10.0 Å². The number of carbonyl (C=O) groups is 1. The quantitative estimate of drug-likeness (QED) is 0.658. The minimum Gasteiger partial charge on any atom is -0.369 e. The molecule has 9 heteroatoms. The van der Waals surface area contributed by atoms with Crippen molar-refractivity contribution in [3.8, 4) is 0 Å². The zero-order valence-electron chi connectivity index (χ0n) is 12.1. The number of pyridine rings is 1. The van der Waals surface area contributed by atoms with Crippen molar-refractivity contribution in [3.05, 3.63) is 16.7 Å². The van der Waals surface area contributed by atoms with Crippen LogP contribution in [-0.4, -0.2) is 38.4 Å². The molecule has 1 amide bonds. The Bertz CT molecular complexity index is 605. The minimum absolute atomic E-state index is 0.00364. The molecular formula is C12H19BrN4O3S. The van der Waals surface area contributed by atoms with E-state index in [9.17, 15) is 13.2 Å². The number of nitrogens with one attached hydrogen (secondary N) is 3. The van der Waals surface area contributed by atoms with Crippen LogP contribution in [0, 0.1) is 0 Å². The molecule has 21 heavy (non-hydrogen) atoms. The lowest BCUT2D eigenvalue weighted by molar-refractivity contribution is -0.120. The Kier molecular flexibility index (Phi) is 6.56. The summed E-state index contributed by atoms with van der Waals surface area (Å²) >= 11 is 3.19. The summed E-state index contributed by atoms with van der Waals surface area (Å²) in [6.07, 6.45) is 1.50. The molecule has 118 valence electrons. The van der Waals surface area contributed by atoms with Gasteiger partial charge in [-0.25, -0.2) is 18.1 Å². The van der Waals surface area contributed by atoms with Crippen LogP contribution >= 0.6 is 15.9 Å². The summed E-state index contributed by atoms with van der Waals surface area (Å²) in [6, 6.07) is 1.39. The molecule has 0 bridgehead atoms. The highest BCUT2D eigenvalue weighted by atomic mass is 79.9. The fourth-order valence-electron chi connectivity index (χ4n) is 1.54. The van der Waals surface area contributed by atoms with Gasteiger partial charge in [-0.1, -0.05) is 0 Å². The van der Waals surface area contributed by atoms with E-state index in [1.807, 2.05) is 6.92 Å². The van der Waals surface area contributed by atoms with Crippen LogP contribution in [0.1, 0.15) is 20.8 Å². The first-order chi connectivity index (χ1) is 9.76. The molecule has 0 atom stereocenters. The summed E-state index contributed by atoms with van der Waals surface area (Å²) in [5.74, 6) is -0.140. The number of carbonyl (C=O) groups excluding carboxylic acids is 1. The Hall–Kier alpha value is -1.19. The van der Waals surface area contributed by atoms with Crippen LogP contribution in [0.5, 0.6) is 0 Å². The van der Waals surface area contributed by atoms with Gasteiger partial charge in [0.2, 0.25) is 15.9 Å². The highest BCUT2D eigenvalue weighted by Crippen LogP contribution is 2.22. The van der Waals surface area contributed by atoms with Gasteiger partial charge in [0.1, 0.15) is 10.7 Å². The van der Waals surface area contributed by atoms with Crippen molar-refractivity contribution in [2.75, 3.05) is 18.4 Å². The van der Waals surface area contributed by atoms with Gasteiger partial charge in [0.05, 0.1) is 6.54 Å². The van der Waals surface area contributed by atoms with E-state index in [-0.39, 0.29) is 29.2 Å². The number of nitrogens with zero attached hydrogens (tertiary/aromatic N) is 1. The summed E-state index contributed by atoms with van der Waals surface area (Å²) in [6.45, 7) is 5.65. The average molecular weight is 379 g/mol. The van der Waals surface area contributed by atoms with Crippen molar-refractivity contribution in [1.29, 1.82) is 0 Å². The molecule has 0 aliphatic carbocycles. The summed E-state index contributed by atoms with van der Waals surface area (Å²) in [7, 11) is -3.83. The molecular weight excluding hydrogens is 360 g/mol. The topological polar surface area (TPSA) is 100 Å². The maximum absolute atomic E-state index is 12.3. The predicted octanol–water partition coefficient (Wildman–Crippen LogP) is 1.08. The lowest BCUT2D eigenvalue weighted by Gasteiger charge is -2.12. The van der Waals surface area contributed by atoms with Crippen molar-refractivity contribution < 1.29 is 13.2 Å². The van der Waals surface area contributed by atoms with Crippen molar-refractivity contribution >= 4 is 37.7 Å². The second kappa shape index (κ2) is 7.71. The van der Waals surface area contributed by atoms with Gasteiger partial charge in [-0.2, -0.15) is 0 Å². The van der Waals surface area contributed by atoms with E-state index in [4.69, 9.17) is 0 Å². The van der Waals surface area contributed by atoms with E-state index in [1.54, 1.807) is 13.8 Å². The van der Waals surface area contributed by atoms with Crippen LogP contribution in [0.15, 0.2) is 21.6 Å². The number of rotatable bonds is 7. The maximum atomic E-state index is 12.3. The molecule has 1 aromatic rings. The van der Waals surface area contributed by atoms with Crippen LogP contribution in [-0.2, 0) is 14.8 Å². The van der Waals surface area contributed by atoms with Crippen LogP contribution in [0.25, 0.3) is 0 Å². The fourth-order valence-corrected chi connectivity index (χ4v) is 3.16. The number of aromatic nitrogens is 1. The molecule has 0 aliphatic heterocycles. The third-order valence-electron chi connectivity index (χ3n) is 2.33. The Morgan fingerprint density at radius 3 is 2.67 bits per heavy atom. The SMILES string of the molecule is CCNc1ncc(Br)cc1S(=O)(=O)NCC(=O)NC(C)C. The second-order valence-electron chi connectivity index (χ2n) is 4.58. The predicted molar refractivity (Wildman–Crippen MR) is 84.6 cm³/mol. The summed E-state index contributed by atoms with van der Waals surface area (Å²) in [4.78, 5) is 15.6. The number of amides is 1. The van der Waals surface area contributed by atoms with Gasteiger partial charge in [0.15, 0.2) is 0 Å². The lowest BCUT2D eigenvalue weighted by atomic mass is 10.4. The number of halogens is 1. The maximum Gasteiger partial charge on any atom is 0.244 e. The number of sulfonamides is 1. The number of anilines is 1. The first kappa shape index (κ1) is 17.9. The van der Waals surface area contributed by atoms with E-state index >= 15 is 0 Å². The Morgan fingerprint density at radius 1 is 1.43 bits per heavy atom. The molecule has 0 spiro atoms. The van der Waals surface area contributed by atoms with Crippen molar-refractivity contribution in [2.24, 2.45) is 0 Å². The average Bonchev–Trinajstić information content (AvgIpc) is 2.38. The standard InChI is InChI=1S/C12H19BrN4O3S/c1-4-14-12-10(5-9(13)6-15-12)21(19,20)16-7-11(18)17-8(2)3/h5-6,8,16H,4,7H2,1-3H3,(H,14,15)(H,17,18). The van der Waals surface area contributed by atoms with Crippen molar-refractivity contribution in [3.63, 3.8) is 0 Å². The van der Waals surface area contributed by atoms with Gasteiger partial charge in [-0.05, 0) is 42.8 Å². The summed E-state index contributed by atoms with van der Waals surface area (Å²) in [5.41, 5.74) is 0. The lowest BCUT2D eigenvalue weighted by Crippen LogP contribution is -2.40. The van der Waals surface area contributed by atoms with Gasteiger partial charge in [-0.3, -0.25) is 4.79 Å². The summed E-state index contributed by atoms with van der Waals surface area (Å²) < 4.78 is 27.4. The molecule has 0 saturated heterocycles. The Balaban J connectivity index is 2.92. The second-order valence-corrected chi connectivity index (χ2v) is 7.23. The largest absolute Gasteiger partial charge is 0.369 e. The zero-order chi connectivity index (χ0) is 16.0. The number of hydrogen-bond acceptors (Lipinski definition) is 5. The molecule has 0 radical (unpaired) electrons. The molecule has 7 nitrogen and oxygen atoms in total. The highest BCUT2D eigenvalue weighted by Gasteiger charge is 2.21. The molecule has 3 N–H and O–H groups in total. The van der Waals surface area contributed by atoms with Gasteiger partial charge in [0.25, 0.3) is 0 Å². The van der Waals surface area contributed by atoms with Crippen LogP contribution in [0.2, 0.25) is 0 Å². The molecule has 0 unspecified atom stereocenters. The first-order valence-electron chi connectivity index (χ1n) is 6.44. The van der Waals surface area contributed by atoms with Crippen molar-refractivity contribution in [1.82, 2.24) is 15.0 Å². The Morgan fingerprint density at radius 2 is 2.10 bits per heavy atom. The molecule has 1 aromatic heterocycles. The van der Waals surface area contributed by atoms with Gasteiger partial charge in [-0.15, -0.1) is 0 Å². The first-order valence-corrected chi connectivity index (χ1v) is 8.72. The number of hydrogen-bond donors (Lipinski definition) is 3. The highest BCUT2D eigenvalue weighted by molar-refractivity contribution is 9.10. The molecule has 1 rings (SSSR count). The van der Waals surface area contributed by atoms with Gasteiger partial charge >= 0.3 is 0 Å². The van der Waals surface area contributed by atoms with Gasteiger partial charge in [0, 0.05) is 23.3 Å². The van der Waals surface area contributed by atoms with E-state index in [1.165, 1.54) is 12.3 Å². The minimum atomic E-state index is -3.83. The molecule has 0 fully saturated rings. The van der Waals surface area contributed by atoms with Crippen LogP contribution in [0.4, 0.5) is 5.82 Å². The fraction of sp³-hybridized carbons (Fsp3) is 0.500. The zero-order valence-corrected chi connectivity index (χ0v) is 14.5. The van der Waals surface area contributed by atoms with Gasteiger partial charge < -0.3 is 10.6 Å². The third kappa shape index (κ3) is 5.60. The smallest absolute Gasteiger partial charge is 0.244 e. The van der Waals surface area contributed by atoms with E-state index in [0.29, 0.717) is 11.0 Å².